The van der Waals surface area contributed by atoms with Crippen molar-refractivity contribution in [2.45, 2.75) is 32.6 Å². The standard InChI is InChI=1S/C27H28N2O5S/c1-17-15-29(16-18(2)34-17)27(31)20-5-3-19(4-6-20)14-28-26(30)25-10-9-24(35-25)21-7-8-22-23(13-21)33-12-11-32-22/h3-10,13,17-18H,11-12,14-16H2,1-2H3,(H,28,30). The van der Waals surface area contributed by atoms with Gasteiger partial charge >= 0.3 is 0 Å². The van der Waals surface area contributed by atoms with E-state index in [4.69, 9.17) is 14.2 Å². The molecular formula is C27H28N2O5S. The van der Waals surface area contributed by atoms with E-state index in [0.717, 1.165) is 27.5 Å². The summed E-state index contributed by atoms with van der Waals surface area (Å²) < 4.78 is 17.0. The number of fused-ring (bicyclic) bond motifs is 1. The van der Waals surface area contributed by atoms with Gasteiger partial charge in [0.25, 0.3) is 11.8 Å². The average Bonchev–Trinajstić information content (AvgIpc) is 3.37. The van der Waals surface area contributed by atoms with Crippen molar-refractivity contribution >= 4 is 23.2 Å². The number of rotatable bonds is 5. The third-order valence-corrected chi connectivity index (χ3v) is 7.15. The van der Waals surface area contributed by atoms with Crippen LogP contribution >= 0.6 is 11.3 Å². The lowest BCUT2D eigenvalue weighted by Crippen LogP contribution is -2.48. The van der Waals surface area contributed by atoms with E-state index in [-0.39, 0.29) is 24.0 Å². The number of carbonyl (C=O) groups is 2. The smallest absolute Gasteiger partial charge is 0.261 e. The first-order valence-electron chi connectivity index (χ1n) is 11.8. The first-order valence-corrected chi connectivity index (χ1v) is 12.6. The molecule has 7 nitrogen and oxygen atoms in total. The quantitative estimate of drug-likeness (QED) is 0.573. The topological polar surface area (TPSA) is 77.1 Å². The number of ether oxygens (including phenoxy) is 3. The van der Waals surface area contributed by atoms with Gasteiger partial charge in [0.15, 0.2) is 11.5 Å². The lowest BCUT2D eigenvalue weighted by atomic mass is 10.1. The van der Waals surface area contributed by atoms with Crippen molar-refractivity contribution in [1.29, 1.82) is 0 Å². The first kappa shape index (κ1) is 23.4. The Kier molecular flexibility index (Phi) is 6.74. The van der Waals surface area contributed by atoms with Crippen LogP contribution in [0.5, 0.6) is 11.5 Å². The molecule has 0 spiro atoms. The minimum absolute atomic E-state index is 0.00726. The molecule has 1 saturated heterocycles. The number of thiophene rings is 1. The Morgan fingerprint density at radius 1 is 0.943 bits per heavy atom. The molecule has 2 aliphatic heterocycles. The second kappa shape index (κ2) is 10.1. The lowest BCUT2D eigenvalue weighted by Gasteiger charge is -2.35. The fourth-order valence-electron chi connectivity index (χ4n) is 4.37. The molecule has 0 radical (unpaired) electrons. The molecule has 1 aromatic heterocycles. The van der Waals surface area contributed by atoms with Gasteiger partial charge in [0.2, 0.25) is 0 Å². The van der Waals surface area contributed by atoms with Crippen molar-refractivity contribution in [3.05, 3.63) is 70.6 Å². The third-order valence-electron chi connectivity index (χ3n) is 6.02. The van der Waals surface area contributed by atoms with Crippen molar-refractivity contribution in [2.24, 2.45) is 0 Å². The fraction of sp³-hybridized carbons (Fsp3) is 0.333. The van der Waals surface area contributed by atoms with E-state index in [0.29, 0.717) is 43.3 Å². The van der Waals surface area contributed by atoms with Crippen LogP contribution in [0.3, 0.4) is 0 Å². The highest BCUT2D eigenvalue weighted by atomic mass is 32.1. The lowest BCUT2D eigenvalue weighted by molar-refractivity contribution is -0.0586. The summed E-state index contributed by atoms with van der Waals surface area (Å²) in [6.07, 6.45) is 0.0640. The summed E-state index contributed by atoms with van der Waals surface area (Å²) in [4.78, 5) is 29.0. The van der Waals surface area contributed by atoms with Crippen LogP contribution in [0.15, 0.2) is 54.6 Å². The Morgan fingerprint density at radius 3 is 2.40 bits per heavy atom. The highest BCUT2D eigenvalue weighted by Gasteiger charge is 2.26. The molecule has 1 fully saturated rings. The molecule has 35 heavy (non-hydrogen) atoms. The summed E-state index contributed by atoms with van der Waals surface area (Å²) in [5, 5.41) is 2.97. The SMILES string of the molecule is CC1CN(C(=O)c2ccc(CNC(=O)c3ccc(-c4ccc5c(c4)OCCO5)s3)cc2)CC(C)O1. The zero-order chi connectivity index (χ0) is 24.4. The van der Waals surface area contributed by atoms with E-state index in [1.54, 1.807) is 0 Å². The Morgan fingerprint density at radius 2 is 1.66 bits per heavy atom. The number of nitrogens with zero attached hydrogens (tertiary/aromatic N) is 1. The Hall–Kier alpha value is -3.36. The van der Waals surface area contributed by atoms with Gasteiger partial charge in [-0.05, 0) is 67.4 Å². The van der Waals surface area contributed by atoms with E-state index >= 15 is 0 Å². The largest absolute Gasteiger partial charge is 0.486 e. The van der Waals surface area contributed by atoms with Crippen LogP contribution < -0.4 is 14.8 Å². The van der Waals surface area contributed by atoms with Gasteiger partial charge in [-0.15, -0.1) is 11.3 Å². The molecule has 3 aromatic rings. The first-order chi connectivity index (χ1) is 17.0. The number of hydrogen-bond donors (Lipinski definition) is 1. The van der Waals surface area contributed by atoms with E-state index < -0.39 is 0 Å². The van der Waals surface area contributed by atoms with Gasteiger partial charge in [0.05, 0.1) is 17.1 Å². The van der Waals surface area contributed by atoms with E-state index in [1.165, 1.54) is 11.3 Å². The van der Waals surface area contributed by atoms with Crippen LogP contribution in [0.25, 0.3) is 10.4 Å². The Bertz CT molecular complexity index is 1210. The Labute approximate surface area is 208 Å². The maximum absolute atomic E-state index is 12.8. The highest BCUT2D eigenvalue weighted by Crippen LogP contribution is 2.36. The second-order valence-corrected chi connectivity index (χ2v) is 9.95. The highest BCUT2D eigenvalue weighted by molar-refractivity contribution is 7.17. The van der Waals surface area contributed by atoms with Crippen LogP contribution in [0.2, 0.25) is 0 Å². The van der Waals surface area contributed by atoms with Gasteiger partial charge in [-0.1, -0.05) is 12.1 Å². The van der Waals surface area contributed by atoms with Gasteiger partial charge in [-0.3, -0.25) is 9.59 Å². The third kappa shape index (κ3) is 5.33. The maximum Gasteiger partial charge on any atom is 0.261 e. The summed E-state index contributed by atoms with van der Waals surface area (Å²) in [5.41, 5.74) is 2.56. The normalized spacial score (nSPS) is 19.3. The predicted molar refractivity (Wildman–Crippen MR) is 134 cm³/mol. The van der Waals surface area contributed by atoms with Gasteiger partial charge < -0.3 is 24.4 Å². The monoisotopic (exact) mass is 492 g/mol. The minimum Gasteiger partial charge on any atom is -0.486 e. The number of amides is 2. The minimum atomic E-state index is -0.129. The number of nitrogens with one attached hydrogen (secondary N) is 1. The van der Waals surface area contributed by atoms with Crippen molar-refractivity contribution in [3.8, 4) is 21.9 Å². The molecule has 5 rings (SSSR count). The second-order valence-electron chi connectivity index (χ2n) is 8.87. The van der Waals surface area contributed by atoms with Crippen molar-refractivity contribution in [2.75, 3.05) is 26.3 Å². The summed E-state index contributed by atoms with van der Waals surface area (Å²) >= 11 is 1.43. The number of carbonyl (C=O) groups excluding carboxylic acids is 2. The zero-order valence-electron chi connectivity index (χ0n) is 19.8. The summed E-state index contributed by atoms with van der Waals surface area (Å²) in [7, 11) is 0. The molecule has 8 heteroatoms. The molecule has 0 bridgehead atoms. The van der Waals surface area contributed by atoms with E-state index in [9.17, 15) is 9.59 Å². The molecule has 2 unspecified atom stereocenters. The van der Waals surface area contributed by atoms with Crippen LogP contribution in [0.4, 0.5) is 0 Å². The fourth-order valence-corrected chi connectivity index (χ4v) is 5.29. The summed E-state index contributed by atoms with van der Waals surface area (Å²) in [6.45, 7) is 6.63. The van der Waals surface area contributed by atoms with Crippen molar-refractivity contribution in [1.82, 2.24) is 10.2 Å². The van der Waals surface area contributed by atoms with E-state index in [2.05, 4.69) is 5.32 Å². The number of benzene rings is 2. The summed E-state index contributed by atoms with van der Waals surface area (Å²) in [6, 6.07) is 17.0. The molecule has 2 atom stereocenters. The zero-order valence-corrected chi connectivity index (χ0v) is 20.6. The average molecular weight is 493 g/mol. The van der Waals surface area contributed by atoms with Gasteiger partial charge in [-0.25, -0.2) is 0 Å². The van der Waals surface area contributed by atoms with E-state index in [1.807, 2.05) is 73.3 Å². The molecular weight excluding hydrogens is 464 g/mol. The molecule has 3 heterocycles. The van der Waals surface area contributed by atoms with Crippen LogP contribution in [-0.2, 0) is 11.3 Å². The number of hydrogen-bond acceptors (Lipinski definition) is 6. The maximum atomic E-state index is 12.8. The van der Waals surface area contributed by atoms with Crippen molar-refractivity contribution < 1.29 is 23.8 Å². The van der Waals surface area contributed by atoms with Crippen LogP contribution in [-0.4, -0.2) is 55.2 Å². The van der Waals surface area contributed by atoms with Crippen LogP contribution in [0, 0.1) is 0 Å². The van der Waals surface area contributed by atoms with Gasteiger partial charge in [0, 0.05) is 30.1 Å². The molecule has 1 N–H and O–H groups in total. The molecule has 0 saturated carbocycles. The molecule has 182 valence electrons. The predicted octanol–water partition coefficient (Wildman–Crippen LogP) is 4.37. The van der Waals surface area contributed by atoms with Gasteiger partial charge in [0.1, 0.15) is 13.2 Å². The van der Waals surface area contributed by atoms with Crippen LogP contribution in [0.1, 0.15) is 39.4 Å². The molecule has 2 aliphatic rings. The molecule has 0 aliphatic carbocycles. The van der Waals surface area contributed by atoms with Crippen molar-refractivity contribution in [3.63, 3.8) is 0 Å². The molecule has 2 amide bonds. The molecule has 2 aromatic carbocycles. The number of morpholine rings is 1. The summed E-state index contributed by atoms with van der Waals surface area (Å²) in [5.74, 6) is 1.35. The Balaban J connectivity index is 1.18. The van der Waals surface area contributed by atoms with Gasteiger partial charge in [-0.2, -0.15) is 0 Å².